The molecule has 5 nitrogen and oxygen atoms in total. The monoisotopic (exact) mass is 259 g/mol. The van der Waals surface area contributed by atoms with E-state index in [1.807, 2.05) is 0 Å². The maximum absolute atomic E-state index is 10.9. The van der Waals surface area contributed by atoms with Gasteiger partial charge < -0.3 is 4.98 Å². The molecule has 0 unspecified atom stereocenters. The molecule has 1 heterocycles. The molecule has 0 bridgehead atoms. The van der Waals surface area contributed by atoms with Crippen molar-refractivity contribution < 1.29 is 17.8 Å². The summed E-state index contributed by atoms with van der Waals surface area (Å²) in [7, 11) is -4.28. The van der Waals surface area contributed by atoms with Gasteiger partial charge in [-0.15, -0.1) is 0 Å². The summed E-state index contributed by atoms with van der Waals surface area (Å²) in [4.78, 5) is 13.2. The molecule has 0 aliphatic rings. The number of carbonyl (C=O) groups excluding carboxylic acids is 1. The van der Waals surface area contributed by atoms with Crippen LogP contribution in [0.25, 0.3) is 10.9 Å². The zero-order valence-electron chi connectivity index (χ0n) is 7.77. The Hall–Kier alpha value is -1.37. The van der Waals surface area contributed by atoms with Crippen LogP contribution < -0.4 is 0 Å². The molecule has 0 fully saturated rings. The third-order valence-electron chi connectivity index (χ3n) is 2.18. The highest BCUT2D eigenvalue weighted by Crippen LogP contribution is 2.26. The molecule has 0 aliphatic heterocycles. The van der Waals surface area contributed by atoms with Gasteiger partial charge in [-0.05, 0) is 18.2 Å². The van der Waals surface area contributed by atoms with Crippen LogP contribution in [-0.2, 0) is 10.1 Å². The maximum atomic E-state index is 10.9. The number of nitrogens with one attached hydrogen (secondary N) is 1. The lowest BCUT2D eigenvalue weighted by Gasteiger charge is -1.97. The first-order valence-corrected chi connectivity index (χ1v) is 5.99. The lowest BCUT2D eigenvalue weighted by atomic mass is 10.2. The second-order valence-electron chi connectivity index (χ2n) is 3.15. The molecule has 16 heavy (non-hydrogen) atoms. The Morgan fingerprint density at radius 3 is 2.62 bits per heavy atom. The van der Waals surface area contributed by atoms with Crippen LogP contribution in [0.4, 0.5) is 0 Å². The van der Waals surface area contributed by atoms with Gasteiger partial charge in [0.1, 0.15) is 5.15 Å². The fourth-order valence-electron chi connectivity index (χ4n) is 1.43. The number of aldehydes is 1. The fraction of sp³-hybridized carbons (Fsp3) is 0. The third kappa shape index (κ3) is 1.71. The van der Waals surface area contributed by atoms with Gasteiger partial charge in [0.25, 0.3) is 10.1 Å². The molecule has 0 saturated heterocycles. The number of rotatable bonds is 2. The van der Waals surface area contributed by atoms with E-state index in [0.29, 0.717) is 17.2 Å². The van der Waals surface area contributed by atoms with E-state index in [9.17, 15) is 13.2 Å². The highest BCUT2D eigenvalue weighted by molar-refractivity contribution is 7.85. The third-order valence-corrected chi connectivity index (χ3v) is 3.33. The van der Waals surface area contributed by atoms with Crippen LogP contribution in [0.3, 0.4) is 0 Å². The van der Waals surface area contributed by atoms with E-state index in [4.69, 9.17) is 16.2 Å². The van der Waals surface area contributed by atoms with Crippen LogP contribution in [0.2, 0.25) is 5.15 Å². The summed E-state index contributed by atoms with van der Waals surface area (Å²) in [6.45, 7) is 0. The minimum absolute atomic E-state index is 0.137. The van der Waals surface area contributed by atoms with Gasteiger partial charge in [-0.2, -0.15) is 8.42 Å². The van der Waals surface area contributed by atoms with Gasteiger partial charge in [0.15, 0.2) is 6.29 Å². The normalized spacial score (nSPS) is 11.9. The number of H-pyrrole nitrogens is 1. The van der Waals surface area contributed by atoms with Crippen LogP contribution in [-0.4, -0.2) is 24.2 Å². The molecule has 0 saturated carbocycles. The smallest absolute Gasteiger partial charge is 0.294 e. The molecule has 2 aromatic rings. The molecule has 0 amide bonds. The van der Waals surface area contributed by atoms with E-state index in [1.54, 1.807) is 0 Å². The number of carbonyl (C=O) groups is 1. The van der Waals surface area contributed by atoms with Crippen molar-refractivity contribution >= 4 is 38.9 Å². The van der Waals surface area contributed by atoms with Gasteiger partial charge >= 0.3 is 0 Å². The Balaban J connectivity index is 2.84. The molecule has 1 aromatic heterocycles. The first-order chi connectivity index (χ1) is 7.43. The topological polar surface area (TPSA) is 87.2 Å². The number of benzene rings is 1. The number of aromatic nitrogens is 1. The zero-order chi connectivity index (χ0) is 11.9. The zero-order valence-corrected chi connectivity index (χ0v) is 9.34. The number of halogens is 1. The number of hydrogen-bond donors (Lipinski definition) is 2. The van der Waals surface area contributed by atoms with E-state index in [1.165, 1.54) is 18.2 Å². The summed E-state index contributed by atoms with van der Waals surface area (Å²) in [5.74, 6) is 0. The van der Waals surface area contributed by atoms with Gasteiger partial charge in [-0.3, -0.25) is 9.35 Å². The molecule has 0 radical (unpaired) electrons. The molecule has 0 spiro atoms. The molecule has 0 aliphatic carbocycles. The second kappa shape index (κ2) is 3.58. The largest absolute Gasteiger partial charge is 0.345 e. The van der Waals surface area contributed by atoms with Crippen LogP contribution in [0.5, 0.6) is 0 Å². The Bertz CT molecular complexity index is 674. The summed E-state index contributed by atoms with van der Waals surface area (Å²) in [6.07, 6.45) is 0.523. The summed E-state index contributed by atoms with van der Waals surface area (Å²) in [6, 6.07) is 3.84. The summed E-state index contributed by atoms with van der Waals surface area (Å²) in [5, 5.41) is 0.493. The standard InChI is InChI=1S/C9H6ClNO4S/c10-9-7(4-12)6-3-5(16(13,14)15)1-2-8(6)11-9/h1-4,11H,(H,13,14,15). The first-order valence-electron chi connectivity index (χ1n) is 4.17. The van der Waals surface area contributed by atoms with Gasteiger partial charge in [-0.25, -0.2) is 0 Å². The van der Waals surface area contributed by atoms with E-state index >= 15 is 0 Å². The van der Waals surface area contributed by atoms with E-state index in [2.05, 4.69) is 4.98 Å². The molecular weight excluding hydrogens is 254 g/mol. The van der Waals surface area contributed by atoms with Crippen LogP contribution in [0.1, 0.15) is 10.4 Å². The van der Waals surface area contributed by atoms with Crippen LogP contribution in [0.15, 0.2) is 23.1 Å². The fourth-order valence-corrected chi connectivity index (χ4v) is 2.19. The molecular formula is C9H6ClNO4S. The van der Waals surface area contributed by atoms with Crippen molar-refractivity contribution in [2.24, 2.45) is 0 Å². The molecule has 2 N–H and O–H groups in total. The predicted molar refractivity (Wildman–Crippen MR) is 58.5 cm³/mol. The SMILES string of the molecule is O=Cc1c(Cl)[nH]c2ccc(S(=O)(=O)O)cc12. The first kappa shape index (κ1) is 11.1. The predicted octanol–water partition coefficient (Wildman–Crippen LogP) is 1.88. The molecule has 7 heteroatoms. The highest BCUT2D eigenvalue weighted by atomic mass is 35.5. The molecule has 0 atom stereocenters. The van der Waals surface area contributed by atoms with E-state index < -0.39 is 10.1 Å². The highest BCUT2D eigenvalue weighted by Gasteiger charge is 2.14. The minimum atomic E-state index is -4.28. The average Bonchev–Trinajstić information content (AvgIpc) is 2.50. The number of fused-ring (bicyclic) bond motifs is 1. The average molecular weight is 260 g/mol. The van der Waals surface area contributed by atoms with Crippen LogP contribution in [0, 0.1) is 0 Å². The Morgan fingerprint density at radius 1 is 1.38 bits per heavy atom. The summed E-state index contributed by atoms with van der Waals surface area (Å²) >= 11 is 5.74. The summed E-state index contributed by atoms with van der Waals surface area (Å²) in [5.41, 5.74) is 0.696. The Kier molecular flexibility index (Phi) is 2.49. The van der Waals surface area contributed by atoms with Gasteiger partial charge in [0.05, 0.1) is 10.5 Å². The minimum Gasteiger partial charge on any atom is -0.345 e. The van der Waals surface area contributed by atoms with E-state index in [-0.39, 0.29) is 15.6 Å². The van der Waals surface area contributed by atoms with E-state index in [0.717, 1.165) is 0 Å². The van der Waals surface area contributed by atoms with Crippen molar-refractivity contribution in [1.29, 1.82) is 0 Å². The summed E-state index contributed by atoms with van der Waals surface area (Å²) < 4.78 is 30.7. The van der Waals surface area contributed by atoms with Crippen molar-refractivity contribution in [1.82, 2.24) is 4.98 Å². The Morgan fingerprint density at radius 2 is 2.06 bits per heavy atom. The van der Waals surface area contributed by atoms with Crippen molar-refractivity contribution in [3.63, 3.8) is 0 Å². The van der Waals surface area contributed by atoms with Gasteiger partial charge in [0, 0.05) is 10.9 Å². The number of hydrogen-bond acceptors (Lipinski definition) is 3. The Labute approximate surface area is 95.8 Å². The van der Waals surface area contributed by atoms with Crippen molar-refractivity contribution in [3.05, 3.63) is 28.9 Å². The lowest BCUT2D eigenvalue weighted by Crippen LogP contribution is -1.97. The van der Waals surface area contributed by atoms with Crippen molar-refractivity contribution in [2.75, 3.05) is 0 Å². The maximum Gasteiger partial charge on any atom is 0.294 e. The van der Waals surface area contributed by atoms with Gasteiger partial charge in [-0.1, -0.05) is 11.6 Å². The van der Waals surface area contributed by atoms with Gasteiger partial charge in [0.2, 0.25) is 0 Å². The van der Waals surface area contributed by atoms with Crippen molar-refractivity contribution in [3.8, 4) is 0 Å². The molecule has 1 aromatic carbocycles. The molecule has 84 valence electrons. The van der Waals surface area contributed by atoms with Crippen molar-refractivity contribution in [2.45, 2.75) is 4.90 Å². The number of aromatic amines is 1. The van der Waals surface area contributed by atoms with Crippen LogP contribution >= 0.6 is 11.6 Å². The molecule has 2 rings (SSSR count). The quantitative estimate of drug-likeness (QED) is 0.637. The second-order valence-corrected chi connectivity index (χ2v) is 4.95. The lowest BCUT2D eigenvalue weighted by molar-refractivity contribution is 0.112.